The summed E-state index contributed by atoms with van der Waals surface area (Å²) < 4.78 is 5.41. The van der Waals surface area contributed by atoms with Crippen LogP contribution in [0.2, 0.25) is 0 Å². The molecule has 0 aliphatic rings. The normalized spacial score (nSPS) is 11.9. The van der Waals surface area contributed by atoms with E-state index in [-0.39, 0.29) is 5.41 Å². The van der Waals surface area contributed by atoms with Crippen LogP contribution in [-0.2, 0) is 5.41 Å². The van der Waals surface area contributed by atoms with E-state index in [2.05, 4.69) is 33.9 Å². The SMILES string of the molecule is C=c1cc(C(C)(C)C)oc1=C. The summed E-state index contributed by atoms with van der Waals surface area (Å²) in [5.41, 5.74) is 0.734. The molecule has 1 heterocycles. The minimum absolute atomic E-state index is 0.0579. The van der Waals surface area contributed by atoms with Crippen molar-refractivity contribution in [2.45, 2.75) is 26.2 Å². The summed E-state index contributed by atoms with van der Waals surface area (Å²) in [5, 5.41) is 0.884. The number of rotatable bonds is 0. The van der Waals surface area contributed by atoms with Crippen LogP contribution >= 0.6 is 0 Å². The molecule has 1 aromatic heterocycles. The van der Waals surface area contributed by atoms with Gasteiger partial charge < -0.3 is 4.42 Å². The number of hydrogen-bond donors (Lipinski definition) is 0. The smallest absolute Gasteiger partial charge is 0.126 e. The predicted molar refractivity (Wildman–Crippen MR) is 47.7 cm³/mol. The van der Waals surface area contributed by atoms with Crippen molar-refractivity contribution in [1.29, 1.82) is 0 Å². The van der Waals surface area contributed by atoms with Crippen LogP contribution in [0.4, 0.5) is 0 Å². The Morgan fingerprint density at radius 2 is 1.82 bits per heavy atom. The van der Waals surface area contributed by atoms with Crippen molar-refractivity contribution in [3.63, 3.8) is 0 Å². The maximum atomic E-state index is 5.41. The molecule has 11 heavy (non-hydrogen) atoms. The topological polar surface area (TPSA) is 13.1 Å². The standard InChI is InChI=1S/C10H14O/c1-7-6-9(10(3,4)5)11-8(7)2/h6H,1-2H2,3-5H3. The third kappa shape index (κ3) is 1.53. The number of hydrogen-bond acceptors (Lipinski definition) is 1. The van der Waals surface area contributed by atoms with Crippen LogP contribution in [0, 0.1) is 0 Å². The molecule has 0 saturated carbocycles. The maximum Gasteiger partial charge on any atom is 0.126 e. The molecule has 60 valence electrons. The van der Waals surface area contributed by atoms with E-state index in [0.717, 1.165) is 11.0 Å². The molecule has 0 unspecified atom stereocenters. The molecule has 0 saturated heterocycles. The van der Waals surface area contributed by atoms with Crippen LogP contribution in [0.25, 0.3) is 13.2 Å². The van der Waals surface area contributed by atoms with Crippen LogP contribution in [-0.4, -0.2) is 0 Å². The molecule has 0 N–H and O–H groups in total. The van der Waals surface area contributed by atoms with Crippen LogP contribution in [0.15, 0.2) is 10.5 Å². The van der Waals surface area contributed by atoms with Crippen molar-refractivity contribution in [3.8, 4) is 0 Å². The van der Waals surface area contributed by atoms with Gasteiger partial charge in [0.2, 0.25) is 0 Å². The zero-order valence-corrected chi connectivity index (χ0v) is 7.40. The Morgan fingerprint density at radius 3 is 2.00 bits per heavy atom. The van der Waals surface area contributed by atoms with Crippen molar-refractivity contribution < 1.29 is 4.42 Å². The molecule has 1 aromatic rings. The second-order valence-electron chi connectivity index (χ2n) is 3.81. The summed E-state index contributed by atoms with van der Waals surface area (Å²) in [4.78, 5) is 0. The summed E-state index contributed by atoms with van der Waals surface area (Å²) in [7, 11) is 0. The molecular weight excluding hydrogens is 136 g/mol. The second-order valence-corrected chi connectivity index (χ2v) is 3.81. The van der Waals surface area contributed by atoms with Gasteiger partial charge in [0.15, 0.2) is 0 Å². The van der Waals surface area contributed by atoms with E-state index < -0.39 is 0 Å². The van der Waals surface area contributed by atoms with Gasteiger partial charge >= 0.3 is 0 Å². The summed E-state index contributed by atoms with van der Waals surface area (Å²) in [6, 6.07) is 1.95. The molecule has 0 atom stereocenters. The fourth-order valence-electron chi connectivity index (χ4n) is 0.836. The van der Waals surface area contributed by atoms with Crippen LogP contribution in [0.1, 0.15) is 26.5 Å². The highest BCUT2D eigenvalue weighted by Crippen LogP contribution is 2.18. The average molecular weight is 150 g/mol. The molecule has 0 spiro atoms. The van der Waals surface area contributed by atoms with Crippen LogP contribution in [0.3, 0.4) is 0 Å². The lowest BCUT2D eigenvalue weighted by molar-refractivity contribution is 0.394. The van der Waals surface area contributed by atoms with E-state index in [9.17, 15) is 0 Å². The van der Waals surface area contributed by atoms with Crippen molar-refractivity contribution in [1.82, 2.24) is 0 Å². The van der Waals surface area contributed by atoms with Crippen molar-refractivity contribution >= 4 is 13.2 Å². The van der Waals surface area contributed by atoms with Gasteiger partial charge in [0, 0.05) is 10.6 Å². The molecule has 0 fully saturated rings. The lowest BCUT2D eigenvalue weighted by Gasteiger charge is -2.13. The van der Waals surface area contributed by atoms with Gasteiger partial charge in [0.1, 0.15) is 11.2 Å². The molecular formula is C10H14O. The molecule has 1 heteroatoms. The fourth-order valence-corrected chi connectivity index (χ4v) is 0.836. The van der Waals surface area contributed by atoms with Gasteiger partial charge in [0.25, 0.3) is 0 Å². The zero-order chi connectivity index (χ0) is 8.65. The Hall–Kier alpha value is -0.980. The maximum absolute atomic E-state index is 5.41. The molecule has 0 aliphatic heterocycles. The van der Waals surface area contributed by atoms with Crippen molar-refractivity contribution in [3.05, 3.63) is 22.5 Å². The highest BCUT2D eigenvalue weighted by molar-refractivity contribution is 5.17. The lowest BCUT2D eigenvalue weighted by atomic mass is 9.93. The number of furan rings is 1. The highest BCUT2D eigenvalue weighted by Gasteiger charge is 2.16. The first-order valence-electron chi connectivity index (χ1n) is 3.69. The summed E-state index contributed by atoms with van der Waals surface area (Å²) in [6.45, 7) is 13.8. The molecule has 1 rings (SSSR count). The minimum atomic E-state index is 0.0579. The predicted octanol–water partition coefficient (Wildman–Crippen LogP) is 1.40. The third-order valence-electron chi connectivity index (χ3n) is 1.64. The van der Waals surface area contributed by atoms with E-state index in [1.165, 1.54) is 0 Å². The van der Waals surface area contributed by atoms with Crippen LogP contribution in [0.5, 0.6) is 0 Å². The minimum Gasteiger partial charge on any atom is -0.461 e. The van der Waals surface area contributed by atoms with E-state index in [1.54, 1.807) is 0 Å². The molecule has 0 bridgehead atoms. The summed E-state index contributed by atoms with van der Waals surface area (Å²) >= 11 is 0. The Labute approximate surface area is 67.0 Å². The van der Waals surface area contributed by atoms with Gasteiger partial charge in [0.05, 0.1) is 0 Å². The molecule has 0 aliphatic carbocycles. The van der Waals surface area contributed by atoms with Crippen molar-refractivity contribution in [2.24, 2.45) is 0 Å². The monoisotopic (exact) mass is 150 g/mol. The average Bonchev–Trinajstić information content (AvgIpc) is 2.11. The first-order valence-corrected chi connectivity index (χ1v) is 3.69. The molecule has 0 amide bonds. The Bertz CT molecular complexity index is 310. The van der Waals surface area contributed by atoms with Gasteiger partial charge in [-0.1, -0.05) is 33.9 Å². The lowest BCUT2D eigenvalue weighted by Crippen LogP contribution is -2.13. The van der Waals surface area contributed by atoms with Gasteiger partial charge in [-0.2, -0.15) is 0 Å². The first-order chi connectivity index (χ1) is 4.91. The van der Waals surface area contributed by atoms with E-state index in [0.29, 0.717) is 5.42 Å². The highest BCUT2D eigenvalue weighted by atomic mass is 16.3. The van der Waals surface area contributed by atoms with Gasteiger partial charge in [-0.05, 0) is 6.07 Å². The Balaban J connectivity index is 3.29. The summed E-state index contributed by atoms with van der Waals surface area (Å²) in [5.74, 6) is 0.951. The second kappa shape index (κ2) is 2.26. The van der Waals surface area contributed by atoms with E-state index in [1.807, 2.05) is 6.07 Å². The third-order valence-corrected chi connectivity index (χ3v) is 1.64. The quantitative estimate of drug-likeness (QED) is 0.545. The van der Waals surface area contributed by atoms with E-state index >= 15 is 0 Å². The van der Waals surface area contributed by atoms with Crippen LogP contribution < -0.4 is 10.6 Å². The fraction of sp³-hybridized carbons (Fsp3) is 0.400. The molecule has 0 aromatic carbocycles. The molecule has 0 radical (unpaired) electrons. The van der Waals surface area contributed by atoms with Gasteiger partial charge in [-0.15, -0.1) is 0 Å². The summed E-state index contributed by atoms with van der Waals surface area (Å²) in [6.07, 6.45) is 0. The van der Waals surface area contributed by atoms with Gasteiger partial charge in [-0.3, -0.25) is 0 Å². The first kappa shape index (κ1) is 8.12. The largest absolute Gasteiger partial charge is 0.461 e. The van der Waals surface area contributed by atoms with Crippen molar-refractivity contribution in [2.75, 3.05) is 0 Å². The Kier molecular flexibility index (Phi) is 1.67. The van der Waals surface area contributed by atoms with E-state index in [4.69, 9.17) is 4.42 Å². The Morgan fingerprint density at radius 1 is 1.27 bits per heavy atom. The molecule has 1 nitrogen and oxygen atoms in total. The van der Waals surface area contributed by atoms with Gasteiger partial charge in [-0.25, -0.2) is 0 Å². The zero-order valence-electron chi connectivity index (χ0n) is 7.40.